The van der Waals surface area contributed by atoms with Crippen LogP contribution >= 0.6 is 0 Å². The van der Waals surface area contributed by atoms with Gasteiger partial charge in [0, 0.05) is 5.69 Å². The van der Waals surface area contributed by atoms with Gasteiger partial charge in [0.15, 0.2) is 0 Å². The minimum absolute atomic E-state index is 0.0947. The van der Waals surface area contributed by atoms with Crippen LogP contribution < -0.4 is 5.32 Å². The highest BCUT2D eigenvalue weighted by Gasteiger charge is 2.09. The number of anilines is 2. The molecule has 1 N–H and O–H groups in total. The molecule has 0 spiro atoms. The molecule has 0 atom stereocenters. The normalized spacial score (nSPS) is 10.4. The van der Waals surface area contributed by atoms with Crippen molar-refractivity contribution in [3.05, 3.63) is 59.7 Å². The molecule has 0 aliphatic heterocycles. The fraction of sp³-hybridized carbons (Fsp3) is 0. The number of rotatable bonds is 2. The van der Waals surface area contributed by atoms with Gasteiger partial charge in [0.1, 0.15) is 29.0 Å². The van der Waals surface area contributed by atoms with Gasteiger partial charge >= 0.3 is 0 Å². The van der Waals surface area contributed by atoms with Crippen molar-refractivity contribution in [2.45, 2.75) is 0 Å². The molecule has 87 valence electrons. The summed E-state index contributed by atoms with van der Waals surface area (Å²) in [5, 5.41) is 2.27. The SMILES string of the molecule is Fc1[c]c(F)cc(Nc2c(F)cccc2F)c1. The molecule has 17 heavy (non-hydrogen) atoms. The Bertz CT molecular complexity index is 514. The van der Waals surface area contributed by atoms with E-state index in [0.717, 1.165) is 24.3 Å². The van der Waals surface area contributed by atoms with Crippen LogP contribution in [0.2, 0.25) is 0 Å². The molecule has 0 aromatic heterocycles. The molecule has 2 aromatic rings. The van der Waals surface area contributed by atoms with E-state index < -0.39 is 29.0 Å². The largest absolute Gasteiger partial charge is 0.351 e. The van der Waals surface area contributed by atoms with Crippen LogP contribution in [-0.4, -0.2) is 0 Å². The Morgan fingerprint density at radius 1 is 0.882 bits per heavy atom. The monoisotopic (exact) mass is 240 g/mol. The molecule has 0 heterocycles. The highest BCUT2D eigenvalue weighted by Crippen LogP contribution is 2.23. The first-order valence-corrected chi connectivity index (χ1v) is 4.65. The second-order valence-electron chi connectivity index (χ2n) is 3.29. The highest BCUT2D eigenvalue weighted by molar-refractivity contribution is 5.60. The van der Waals surface area contributed by atoms with Crippen molar-refractivity contribution < 1.29 is 17.6 Å². The van der Waals surface area contributed by atoms with Crippen molar-refractivity contribution in [2.24, 2.45) is 0 Å². The first kappa shape index (κ1) is 11.4. The fourth-order valence-electron chi connectivity index (χ4n) is 1.33. The second-order valence-corrected chi connectivity index (χ2v) is 3.29. The highest BCUT2D eigenvalue weighted by atomic mass is 19.1. The van der Waals surface area contributed by atoms with E-state index in [1.54, 1.807) is 6.07 Å². The third-order valence-corrected chi connectivity index (χ3v) is 2.04. The second kappa shape index (κ2) is 4.45. The van der Waals surface area contributed by atoms with Crippen LogP contribution in [0.15, 0.2) is 30.3 Å². The molecule has 0 saturated heterocycles. The average molecular weight is 240 g/mol. The summed E-state index contributed by atoms with van der Waals surface area (Å²) >= 11 is 0. The van der Waals surface area contributed by atoms with Gasteiger partial charge < -0.3 is 5.32 Å². The minimum Gasteiger partial charge on any atom is -0.351 e. The van der Waals surface area contributed by atoms with E-state index in [1.165, 1.54) is 6.07 Å². The lowest BCUT2D eigenvalue weighted by Gasteiger charge is -2.08. The standard InChI is InChI=1S/C12H6F4N/c13-7-4-8(14)6-9(5-7)17-12-10(15)2-1-3-11(12)16/h1-3,5-6,17H. The predicted octanol–water partition coefficient (Wildman–Crippen LogP) is 3.79. The van der Waals surface area contributed by atoms with Crippen molar-refractivity contribution in [3.63, 3.8) is 0 Å². The smallest absolute Gasteiger partial charge is 0.149 e. The van der Waals surface area contributed by atoms with E-state index in [4.69, 9.17) is 0 Å². The number of hydrogen-bond acceptors (Lipinski definition) is 1. The zero-order valence-electron chi connectivity index (χ0n) is 8.40. The van der Waals surface area contributed by atoms with Crippen LogP contribution in [0.4, 0.5) is 28.9 Å². The van der Waals surface area contributed by atoms with Crippen LogP contribution in [0.5, 0.6) is 0 Å². The van der Waals surface area contributed by atoms with E-state index in [-0.39, 0.29) is 5.69 Å². The summed E-state index contributed by atoms with van der Waals surface area (Å²) in [7, 11) is 0. The van der Waals surface area contributed by atoms with Crippen molar-refractivity contribution in [1.82, 2.24) is 0 Å². The van der Waals surface area contributed by atoms with Gasteiger partial charge in [-0.15, -0.1) is 0 Å². The maximum Gasteiger partial charge on any atom is 0.149 e. The third-order valence-electron chi connectivity index (χ3n) is 2.04. The molecule has 0 bridgehead atoms. The Hall–Kier alpha value is -2.04. The van der Waals surface area contributed by atoms with E-state index in [9.17, 15) is 17.6 Å². The molecule has 0 aliphatic carbocycles. The lowest BCUT2D eigenvalue weighted by molar-refractivity contribution is 0.578. The molecule has 0 aliphatic rings. The van der Waals surface area contributed by atoms with Gasteiger partial charge in [0.25, 0.3) is 0 Å². The fourth-order valence-corrected chi connectivity index (χ4v) is 1.33. The minimum atomic E-state index is -0.954. The van der Waals surface area contributed by atoms with Crippen LogP contribution in [0.3, 0.4) is 0 Å². The summed E-state index contributed by atoms with van der Waals surface area (Å²) in [6.45, 7) is 0. The van der Waals surface area contributed by atoms with Gasteiger partial charge in [-0.25, -0.2) is 17.6 Å². The third kappa shape index (κ3) is 2.55. The van der Waals surface area contributed by atoms with E-state index in [0.29, 0.717) is 0 Å². The number of para-hydroxylation sites is 1. The van der Waals surface area contributed by atoms with Crippen molar-refractivity contribution in [3.8, 4) is 0 Å². The van der Waals surface area contributed by atoms with Gasteiger partial charge in [0.2, 0.25) is 0 Å². The molecule has 0 unspecified atom stereocenters. The lowest BCUT2D eigenvalue weighted by Crippen LogP contribution is -1.98. The summed E-state index contributed by atoms with van der Waals surface area (Å²) in [6, 6.07) is 6.79. The van der Waals surface area contributed by atoms with E-state index in [2.05, 4.69) is 5.32 Å². The van der Waals surface area contributed by atoms with Gasteiger partial charge in [-0.1, -0.05) is 6.07 Å². The van der Waals surface area contributed by atoms with Crippen molar-refractivity contribution in [2.75, 3.05) is 5.32 Å². The summed E-state index contributed by atoms with van der Waals surface area (Å²) in [5.74, 6) is -3.61. The lowest BCUT2D eigenvalue weighted by atomic mass is 10.2. The first-order chi connectivity index (χ1) is 8.06. The van der Waals surface area contributed by atoms with Gasteiger partial charge in [-0.3, -0.25) is 0 Å². The molecule has 1 radical (unpaired) electrons. The summed E-state index contributed by atoms with van der Waals surface area (Å²) in [6.07, 6.45) is 0. The number of benzene rings is 2. The maximum absolute atomic E-state index is 13.2. The number of nitrogens with one attached hydrogen (secondary N) is 1. The van der Waals surface area contributed by atoms with Crippen molar-refractivity contribution >= 4 is 11.4 Å². The molecule has 2 rings (SSSR count). The van der Waals surface area contributed by atoms with Gasteiger partial charge in [-0.2, -0.15) is 0 Å². The summed E-state index contributed by atoms with van der Waals surface area (Å²) < 4.78 is 52.1. The first-order valence-electron chi connectivity index (χ1n) is 4.65. The van der Waals surface area contributed by atoms with Gasteiger partial charge in [-0.05, 0) is 24.3 Å². The Kier molecular flexibility index (Phi) is 2.99. The molecular weight excluding hydrogens is 234 g/mol. The molecular formula is C12H6F4N. The molecule has 0 fully saturated rings. The molecule has 0 saturated carbocycles. The Labute approximate surface area is 94.7 Å². The molecule has 1 nitrogen and oxygen atoms in total. The zero-order valence-corrected chi connectivity index (χ0v) is 8.40. The average Bonchev–Trinajstić information content (AvgIpc) is 2.22. The predicted molar refractivity (Wildman–Crippen MR) is 54.8 cm³/mol. The Morgan fingerprint density at radius 3 is 1.94 bits per heavy atom. The molecule has 5 heteroatoms. The number of hydrogen-bond donors (Lipinski definition) is 1. The number of halogens is 4. The topological polar surface area (TPSA) is 12.0 Å². The van der Waals surface area contributed by atoms with Crippen LogP contribution in [0.1, 0.15) is 0 Å². The quantitative estimate of drug-likeness (QED) is 0.787. The maximum atomic E-state index is 13.2. The zero-order chi connectivity index (χ0) is 12.4. The Morgan fingerprint density at radius 2 is 1.41 bits per heavy atom. The molecule has 2 aromatic carbocycles. The summed E-state index contributed by atoms with van der Waals surface area (Å²) in [4.78, 5) is 0. The summed E-state index contributed by atoms with van der Waals surface area (Å²) in [5.41, 5.74) is -0.555. The molecule has 0 amide bonds. The van der Waals surface area contributed by atoms with Crippen LogP contribution in [0, 0.1) is 29.3 Å². The van der Waals surface area contributed by atoms with Crippen molar-refractivity contribution in [1.29, 1.82) is 0 Å². The van der Waals surface area contributed by atoms with Crippen LogP contribution in [-0.2, 0) is 0 Å². The van der Waals surface area contributed by atoms with E-state index >= 15 is 0 Å². The van der Waals surface area contributed by atoms with Crippen LogP contribution in [0.25, 0.3) is 0 Å². The van der Waals surface area contributed by atoms with E-state index in [1.807, 2.05) is 0 Å². The Balaban J connectivity index is 2.38. The van der Waals surface area contributed by atoms with Gasteiger partial charge in [0.05, 0.1) is 6.07 Å².